The average molecular weight is 301 g/mol. The Morgan fingerprint density at radius 3 is 2.30 bits per heavy atom. The molecule has 0 aromatic heterocycles. The third-order valence-electron chi connectivity index (χ3n) is 4.76. The second-order valence-electron chi connectivity index (χ2n) is 6.02. The zero-order valence-corrected chi connectivity index (χ0v) is 12.6. The van der Waals surface area contributed by atoms with Gasteiger partial charge in [-0.15, -0.1) is 0 Å². The Kier molecular flexibility index (Phi) is 4.01. The smallest absolute Gasteiger partial charge is 0.240 e. The van der Waals surface area contributed by atoms with Gasteiger partial charge >= 0.3 is 0 Å². The molecule has 0 spiro atoms. The van der Waals surface area contributed by atoms with Crippen molar-refractivity contribution in [1.29, 1.82) is 0 Å². The number of sulfone groups is 1. The molecule has 1 amide bonds. The molecule has 114 valence electrons. The summed E-state index contributed by atoms with van der Waals surface area (Å²) in [6, 6.07) is 0.602. The van der Waals surface area contributed by atoms with E-state index < -0.39 is 15.1 Å². The van der Waals surface area contributed by atoms with Gasteiger partial charge in [0, 0.05) is 45.3 Å². The normalized spacial score (nSPS) is 31.8. The van der Waals surface area contributed by atoms with Gasteiger partial charge in [-0.05, 0) is 12.8 Å². The van der Waals surface area contributed by atoms with Crippen LogP contribution in [-0.2, 0) is 14.6 Å². The topological polar surface area (TPSA) is 69.7 Å². The van der Waals surface area contributed by atoms with E-state index in [-0.39, 0.29) is 11.7 Å². The maximum atomic E-state index is 12.4. The highest BCUT2D eigenvalue weighted by atomic mass is 32.2. The van der Waals surface area contributed by atoms with Crippen LogP contribution < -0.4 is 5.32 Å². The van der Waals surface area contributed by atoms with Gasteiger partial charge in [0.15, 0.2) is 9.84 Å². The molecule has 0 saturated carbocycles. The molecule has 0 aromatic rings. The van der Waals surface area contributed by atoms with Gasteiger partial charge in [-0.1, -0.05) is 6.42 Å². The molecule has 6 nitrogen and oxygen atoms in total. The summed E-state index contributed by atoms with van der Waals surface area (Å²) in [5.41, 5.74) is 0. The van der Waals surface area contributed by atoms with E-state index in [1.165, 1.54) is 0 Å². The van der Waals surface area contributed by atoms with E-state index >= 15 is 0 Å². The van der Waals surface area contributed by atoms with Gasteiger partial charge in [0.1, 0.15) is 5.25 Å². The summed E-state index contributed by atoms with van der Waals surface area (Å²) in [4.78, 5) is 16.6. The van der Waals surface area contributed by atoms with E-state index in [0.717, 1.165) is 32.6 Å². The zero-order chi connectivity index (χ0) is 14.2. The van der Waals surface area contributed by atoms with Crippen molar-refractivity contribution in [2.45, 2.75) is 30.6 Å². The molecule has 0 aliphatic carbocycles. The summed E-state index contributed by atoms with van der Waals surface area (Å²) >= 11 is 0. The molecule has 1 unspecified atom stereocenters. The van der Waals surface area contributed by atoms with Crippen LogP contribution >= 0.6 is 0 Å². The molecular formula is C13H23N3O3S. The van der Waals surface area contributed by atoms with Gasteiger partial charge in [0.25, 0.3) is 0 Å². The molecule has 1 atom stereocenters. The number of carbonyl (C=O) groups excluding carboxylic acids is 1. The van der Waals surface area contributed by atoms with Crippen LogP contribution in [0.4, 0.5) is 0 Å². The summed E-state index contributed by atoms with van der Waals surface area (Å²) in [6.07, 6.45) is 2.06. The average Bonchev–Trinajstić information content (AvgIpc) is 2.36. The highest BCUT2D eigenvalue weighted by molar-refractivity contribution is 7.92. The molecule has 3 heterocycles. The number of rotatable bonds is 2. The first kappa shape index (κ1) is 14.3. The second kappa shape index (κ2) is 5.61. The van der Waals surface area contributed by atoms with Crippen LogP contribution in [0.2, 0.25) is 0 Å². The lowest BCUT2D eigenvalue weighted by Gasteiger charge is -2.43. The van der Waals surface area contributed by atoms with Gasteiger partial charge in [-0.25, -0.2) is 8.42 Å². The summed E-state index contributed by atoms with van der Waals surface area (Å²) in [5.74, 6) is 0.0213. The quantitative estimate of drug-likeness (QED) is 0.714. The van der Waals surface area contributed by atoms with E-state index in [1.807, 2.05) is 0 Å². The van der Waals surface area contributed by atoms with Crippen molar-refractivity contribution in [3.05, 3.63) is 0 Å². The van der Waals surface area contributed by atoms with E-state index in [9.17, 15) is 13.2 Å². The van der Waals surface area contributed by atoms with Gasteiger partial charge in [-0.2, -0.15) is 0 Å². The molecule has 3 saturated heterocycles. The summed E-state index contributed by atoms with van der Waals surface area (Å²) in [5, 5.41) is 2.48. The number of amides is 1. The van der Waals surface area contributed by atoms with Crippen molar-refractivity contribution in [2.24, 2.45) is 0 Å². The Hall–Kier alpha value is -0.660. The third-order valence-corrected chi connectivity index (χ3v) is 6.92. The fraction of sp³-hybridized carbons (Fsp3) is 0.923. The minimum atomic E-state index is -3.21. The minimum Gasteiger partial charge on any atom is -0.339 e. The Morgan fingerprint density at radius 2 is 1.75 bits per heavy atom. The van der Waals surface area contributed by atoms with Crippen molar-refractivity contribution in [1.82, 2.24) is 15.1 Å². The fourth-order valence-corrected chi connectivity index (χ4v) is 5.15. The van der Waals surface area contributed by atoms with Gasteiger partial charge in [-0.3, -0.25) is 9.69 Å². The van der Waals surface area contributed by atoms with Crippen LogP contribution in [0.25, 0.3) is 0 Å². The fourth-order valence-electron chi connectivity index (χ4n) is 3.27. The molecule has 0 aromatic carbocycles. The molecule has 3 aliphatic rings. The van der Waals surface area contributed by atoms with Gasteiger partial charge < -0.3 is 10.2 Å². The number of piperazine rings is 1. The summed E-state index contributed by atoms with van der Waals surface area (Å²) in [7, 11) is -3.21. The first-order chi connectivity index (χ1) is 9.58. The maximum absolute atomic E-state index is 12.4. The van der Waals surface area contributed by atoms with Crippen LogP contribution in [-0.4, -0.2) is 80.4 Å². The highest BCUT2D eigenvalue weighted by Gasteiger charge is 2.38. The van der Waals surface area contributed by atoms with Crippen molar-refractivity contribution >= 4 is 15.7 Å². The van der Waals surface area contributed by atoms with Crippen molar-refractivity contribution in [2.75, 3.05) is 45.0 Å². The Morgan fingerprint density at radius 1 is 1.05 bits per heavy atom. The largest absolute Gasteiger partial charge is 0.339 e. The van der Waals surface area contributed by atoms with Gasteiger partial charge in [0.05, 0.1) is 5.75 Å². The number of nitrogens with zero attached hydrogens (tertiary/aromatic N) is 2. The summed E-state index contributed by atoms with van der Waals surface area (Å²) < 4.78 is 24.1. The SMILES string of the molecule is O=C(C1CCCCS1(=O)=O)N1CCN(C2CNC2)CC1. The standard InChI is InChI=1S/C13H23N3O3S/c17-13(12-3-1-2-8-20(12,18)19)16-6-4-15(5-7-16)11-9-14-10-11/h11-12,14H,1-10H2. The molecule has 3 aliphatic heterocycles. The zero-order valence-electron chi connectivity index (χ0n) is 11.8. The third kappa shape index (κ3) is 2.71. The molecule has 3 rings (SSSR count). The lowest BCUT2D eigenvalue weighted by atomic mass is 10.1. The van der Waals surface area contributed by atoms with Crippen molar-refractivity contribution in [3.63, 3.8) is 0 Å². The predicted octanol–water partition coefficient (Wildman–Crippen LogP) is -0.930. The van der Waals surface area contributed by atoms with Crippen molar-refractivity contribution in [3.8, 4) is 0 Å². The monoisotopic (exact) mass is 301 g/mol. The molecule has 20 heavy (non-hydrogen) atoms. The first-order valence-electron chi connectivity index (χ1n) is 7.53. The van der Waals surface area contributed by atoms with E-state index in [1.54, 1.807) is 4.90 Å². The number of carbonyl (C=O) groups is 1. The molecule has 0 bridgehead atoms. The summed E-state index contributed by atoms with van der Waals surface area (Å²) in [6.45, 7) is 5.13. The second-order valence-corrected chi connectivity index (χ2v) is 8.33. The van der Waals surface area contributed by atoms with Crippen LogP contribution in [0.1, 0.15) is 19.3 Å². The minimum absolute atomic E-state index is 0.156. The Bertz CT molecular complexity index is 467. The van der Waals surface area contributed by atoms with Crippen LogP contribution in [0, 0.1) is 0 Å². The van der Waals surface area contributed by atoms with Crippen LogP contribution in [0.3, 0.4) is 0 Å². The Labute approximate surface area is 120 Å². The lowest BCUT2D eigenvalue weighted by molar-refractivity contribution is -0.133. The van der Waals surface area contributed by atoms with Crippen LogP contribution in [0.15, 0.2) is 0 Å². The van der Waals surface area contributed by atoms with Crippen LogP contribution in [0.5, 0.6) is 0 Å². The number of hydrogen-bond donors (Lipinski definition) is 1. The van der Waals surface area contributed by atoms with E-state index in [0.29, 0.717) is 32.0 Å². The molecule has 7 heteroatoms. The molecule has 3 fully saturated rings. The number of nitrogens with one attached hydrogen (secondary N) is 1. The molecule has 0 radical (unpaired) electrons. The first-order valence-corrected chi connectivity index (χ1v) is 9.24. The number of hydrogen-bond acceptors (Lipinski definition) is 5. The molecular weight excluding hydrogens is 278 g/mol. The lowest BCUT2D eigenvalue weighted by Crippen LogP contribution is -2.62. The van der Waals surface area contributed by atoms with Crippen molar-refractivity contribution < 1.29 is 13.2 Å². The maximum Gasteiger partial charge on any atom is 0.240 e. The van der Waals surface area contributed by atoms with E-state index in [4.69, 9.17) is 0 Å². The Balaban J connectivity index is 1.58. The molecule has 1 N–H and O–H groups in total. The predicted molar refractivity (Wildman–Crippen MR) is 76.2 cm³/mol. The van der Waals surface area contributed by atoms with E-state index in [2.05, 4.69) is 10.2 Å². The van der Waals surface area contributed by atoms with Gasteiger partial charge in [0.2, 0.25) is 5.91 Å². The highest BCUT2D eigenvalue weighted by Crippen LogP contribution is 2.22.